The Bertz CT molecular complexity index is 968. The maximum atomic E-state index is 5.50. The van der Waals surface area contributed by atoms with Gasteiger partial charge in [0.2, 0.25) is 0 Å². The zero-order chi connectivity index (χ0) is 18.3. The summed E-state index contributed by atoms with van der Waals surface area (Å²) in [5.41, 5.74) is 6.82. The van der Waals surface area contributed by atoms with E-state index in [4.69, 9.17) is 9.47 Å². The van der Waals surface area contributed by atoms with Gasteiger partial charge in [0.25, 0.3) is 0 Å². The highest BCUT2D eigenvalue weighted by atomic mass is 16.5. The molecule has 1 aliphatic carbocycles. The highest BCUT2D eigenvalue weighted by molar-refractivity contribution is 6.32. The van der Waals surface area contributed by atoms with Gasteiger partial charge in [-0.1, -0.05) is 24.5 Å². The Morgan fingerprint density at radius 2 is 1.92 bits per heavy atom. The third-order valence-electron chi connectivity index (χ3n) is 5.03. The molecule has 0 radical (unpaired) electrons. The predicted octanol–water partition coefficient (Wildman–Crippen LogP) is 2.95. The lowest BCUT2D eigenvalue weighted by Crippen LogP contribution is -2.04. The first-order valence-electron chi connectivity index (χ1n) is 8.84. The molecule has 2 aromatic carbocycles. The van der Waals surface area contributed by atoms with E-state index in [9.17, 15) is 0 Å². The number of hydrogen-bond acceptors (Lipinski definition) is 4. The van der Waals surface area contributed by atoms with Gasteiger partial charge < -0.3 is 14.8 Å². The van der Waals surface area contributed by atoms with Crippen molar-refractivity contribution in [3.05, 3.63) is 47.5 Å². The fraction of sp³-hybridized carbons (Fsp3) is 0.250. The molecule has 1 aromatic heterocycles. The van der Waals surface area contributed by atoms with E-state index < -0.39 is 0 Å². The van der Waals surface area contributed by atoms with E-state index in [0.717, 1.165) is 40.7 Å². The van der Waals surface area contributed by atoms with Gasteiger partial charge >= 0.3 is 0 Å². The molecule has 6 heteroatoms. The number of H-pyrrole nitrogens is 1. The van der Waals surface area contributed by atoms with Crippen LogP contribution in [0.2, 0.25) is 0 Å². The maximum Gasteiger partial charge on any atom is 0.161 e. The van der Waals surface area contributed by atoms with Crippen molar-refractivity contribution in [2.75, 3.05) is 19.5 Å². The molecule has 0 bridgehead atoms. The molecule has 0 saturated heterocycles. The van der Waals surface area contributed by atoms with Crippen LogP contribution in [0.15, 0.2) is 36.4 Å². The van der Waals surface area contributed by atoms with E-state index in [1.165, 1.54) is 16.6 Å². The first-order chi connectivity index (χ1) is 12.7. The van der Waals surface area contributed by atoms with Gasteiger partial charge in [0, 0.05) is 22.7 Å². The number of methoxy groups -OCH3 is 2. The fourth-order valence-electron chi connectivity index (χ4n) is 3.83. The molecule has 2 N–H and O–H groups in total. The van der Waals surface area contributed by atoms with Crippen molar-refractivity contribution < 1.29 is 9.47 Å². The van der Waals surface area contributed by atoms with Gasteiger partial charge in [-0.05, 0) is 36.2 Å². The minimum atomic E-state index is 0.269. The number of aromatic amines is 1. The predicted molar refractivity (Wildman–Crippen MR) is 107 cm³/mol. The second-order valence-corrected chi connectivity index (χ2v) is 6.61. The van der Waals surface area contributed by atoms with Crippen LogP contribution in [0.3, 0.4) is 0 Å². The molecule has 0 amide bonds. The smallest absolute Gasteiger partial charge is 0.161 e. The molecule has 132 valence electrons. The number of aromatic nitrogens is 2. The number of anilines is 2. The molecule has 1 aliphatic rings. The zero-order valence-electron chi connectivity index (χ0n) is 15.5. The summed E-state index contributed by atoms with van der Waals surface area (Å²) in [7, 11) is 5.42. The van der Waals surface area contributed by atoms with Crippen molar-refractivity contribution >= 4 is 24.8 Å². The lowest BCUT2D eigenvalue weighted by molar-refractivity contribution is 0.354. The number of ether oxygens (including phenoxy) is 2. The normalized spacial score (nSPS) is 14.7. The van der Waals surface area contributed by atoms with Gasteiger partial charge in [-0.3, -0.25) is 5.10 Å². The largest absolute Gasteiger partial charge is 0.493 e. The van der Waals surface area contributed by atoms with Crippen LogP contribution in [-0.4, -0.2) is 32.3 Å². The maximum absolute atomic E-state index is 5.50. The number of benzene rings is 2. The van der Waals surface area contributed by atoms with Gasteiger partial charge in [0.15, 0.2) is 11.5 Å². The summed E-state index contributed by atoms with van der Waals surface area (Å²) in [4.78, 5) is 0. The summed E-state index contributed by atoms with van der Waals surface area (Å²) >= 11 is 0. The Balaban J connectivity index is 1.80. The average Bonchev–Trinajstić information content (AvgIpc) is 3.18. The summed E-state index contributed by atoms with van der Waals surface area (Å²) in [6, 6.07) is 12.4. The van der Waals surface area contributed by atoms with E-state index in [1.807, 2.05) is 6.07 Å². The summed E-state index contributed by atoms with van der Waals surface area (Å²) in [5, 5.41) is 11.3. The van der Waals surface area contributed by atoms with Crippen LogP contribution < -0.4 is 20.3 Å². The average molecular weight is 347 g/mol. The third-order valence-corrected chi connectivity index (χ3v) is 5.03. The summed E-state index contributed by atoms with van der Waals surface area (Å²) in [6.45, 7) is 2.20. The molecule has 0 fully saturated rings. The Morgan fingerprint density at radius 3 is 2.62 bits per heavy atom. The zero-order valence-corrected chi connectivity index (χ0v) is 15.5. The Labute approximate surface area is 154 Å². The topological polar surface area (TPSA) is 59.2 Å². The lowest BCUT2D eigenvalue weighted by atomic mass is 9.94. The summed E-state index contributed by atoms with van der Waals surface area (Å²) in [5.74, 6) is 2.70. The quantitative estimate of drug-likeness (QED) is 0.697. The first-order valence-corrected chi connectivity index (χ1v) is 8.84. The molecule has 0 saturated carbocycles. The third kappa shape index (κ3) is 2.53. The van der Waals surface area contributed by atoms with Gasteiger partial charge in [0.1, 0.15) is 13.7 Å². The van der Waals surface area contributed by atoms with Crippen molar-refractivity contribution in [2.24, 2.45) is 0 Å². The number of rotatable bonds is 5. The van der Waals surface area contributed by atoms with Gasteiger partial charge in [-0.2, -0.15) is 5.10 Å². The standard InChI is InChI=1S/C20H22BN3O2/c1-4-13-14-9-16(25-2)17(26-3)10-15(14)19-18(13)20(24-23-19)22-12-7-5-6-11(21)8-12/h5-10,13H,4,21H2,1-3H3,(H2,22,23,24)/t13-/m1/s1. The lowest BCUT2D eigenvalue weighted by Gasteiger charge is -2.15. The van der Waals surface area contributed by atoms with E-state index in [-0.39, 0.29) is 5.92 Å². The van der Waals surface area contributed by atoms with Crippen LogP contribution in [0.5, 0.6) is 11.5 Å². The number of nitrogens with one attached hydrogen (secondary N) is 2. The van der Waals surface area contributed by atoms with Gasteiger partial charge in [-0.25, -0.2) is 0 Å². The highest BCUT2D eigenvalue weighted by Crippen LogP contribution is 2.51. The van der Waals surface area contributed by atoms with Crippen LogP contribution in [0.1, 0.15) is 30.4 Å². The minimum Gasteiger partial charge on any atom is -0.493 e. The van der Waals surface area contributed by atoms with Crippen molar-refractivity contribution in [1.82, 2.24) is 10.2 Å². The SMILES string of the molecule is Bc1cccc(Nc2[nH]nc3c2[C@H](CC)c2cc(OC)c(OC)cc2-3)c1. The van der Waals surface area contributed by atoms with Crippen LogP contribution in [0, 0.1) is 0 Å². The Morgan fingerprint density at radius 1 is 1.15 bits per heavy atom. The van der Waals surface area contributed by atoms with Crippen LogP contribution >= 0.6 is 0 Å². The molecular weight excluding hydrogens is 325 g/mol. The minimum absolute atomic E-state index is 0.269. The molecule has 1 atom stereocenters. The van der Waals surface area contributed by atoms with Crippen LogP contribution in [0.4, 0.5) is 11.5 Å². The monoisotopic (exact) mass is 347 g/mol. The summed E-state index contributed by atoms with van der Waals surface area (Å²) < 4.78 is 11.0. The molecule has 1 heterocycles. The molecule has 0 unspecified atom stereocenters. The van der Waals surface area contributed by atoms with Crippen LogP contribution in [0.25, 0.3) is 11.3 Å². The molecule has 4 rings (SSSR count). The van der Waals surface area contributed by atoms with Gasteiger partial charge in [0.05, 0.1) is 19.9 Å². The van der Waals surface area contributed by atoms with E-state index in [2.05, 4.69) is 60.6 Å². The van der Waals surface area contributed by atoms with E-state index in [1.54, 1.807) is 14.2 Å². The molecule has 0 aliphatic heterocycles. The van der Waals surface area contributed by atoms with Gasteiger partial charge in [-0.15, -0.1) is 0 Å². The van der Waals surface area contributed by atoms with Crippen molar-refractivity contribution in [2.45, 2.75) is 19.3 Å². The molecule has 5 nitrogen and oxygen atoms in total. The Hall–Kier alpha value is -2.89. The van der Waals surface area contributed by atoms with Crippen molar-refractivity contribution in [3.8, 4) is 22.8 Å². The second-order valence-electron chi connectivity index (χ2n) is 6.61. The molecular formula is C20H22BN3O2. The highest BCUT2D eigenvalue weighted by Gasteiger charge is 2.34. The van der Waals surface area contributed by atoms with Crippen LogP contribution in [-0.2, 0) is 0 Å². The summed E-state index contributed by atoms with van der Waals surface area (Å²) in [6.07, 6.45) is 0.984. The molecule has 26 heavy (non-hydrogen) atoms. The van der Waals surface area contributed by atoms with E-state index in [0.29, 0.717) is 0 Å². The van der Waals surface area contributed by atoms with E-state index >= 15 is 0 Å². The number of fused-ring (bicyclic) bond motifs is 3. The number of nitrogens with zero attached hydrogens (tertiary/aromatic N) is 1. The molecule has 0 spiro atoms. The fourth-order valence-corrected chi connectivity index (χ4v) is 3.83. The Kier molecular flexibility index (Phi) is 4.11. The number of hydrogen-bond donors (Lipinski definition) is 2. The van der Waals surface area contributed by atoms with Crippen molar-refractivity contribution in [1.29, 1.82) is 0 Å². The van der Waals surface area contributed by atoms with Crippen molar-refractivity contribution in [3.63, 3.8) is 0 Å². The first kappa shape index (κ1) is 16.6. The second kappa shape index (κ2) is 6.44. The molecule has 3 aromatic rings.